The van der Waals surface area contributed by atoms with Crippen molar-refractivity contribution < 1.29 is 28.0 Å². The molecule has 3 aromatic rings. The van der Waals surface area contributed by atoms with E-state index in [9.17, 15) is 14.0 Å². The van der Waals surface area contributed by atoms with Crippen molar-refractivity contribution in [2.75, 3.05) is 13.2 Å². The normalized spacial score (nSPS) is 11.7. The van der Waals surface area contributed by atoms with E-state index >= 15 is 0 Å². The first-order valence-corrected chi connectivity index (χ1v) is 9.26. The number of ether oxygens (including phenoxy) is 2. The maximum absolute atomic E-state index is 13.9. The predicted molar refractivity (Wildman–Crippen MR) is 105 cm³/mol. The van der Waals surface area contributed by atoms with E-state index in [1.807, 2.05) is 6.92 Å². The fraction of sp³-hybridized carbons (Fsp3) is 0.238. The lowest BCUT2D eigenvalue weighted by Gasteiger charge is -2.13. The molecule has 1 heterocycles. The van der Waals surface area contributed by atoms with Crippen LogP contribution in [0.15, 0.2) is 53.1 Å². The average molecular weight is 413 g/mol. The molecule has 0 saturated heterocycles. The van der Waals surface area contributed by atoms with Gasteiger partial charge in [-0.05, 0) is 38.1 Å². The van der Waals surface area contributed by atoms with Gasteiger partial charge in [0.2, 0.25) is 5.82 Å². The zero-order valence-electron chi connectivity index (χ0n) is 16.4. The molecule has 0 aliphatic rings. The molecule has 0 radical (unpaired) electrons. The molecule has 2 aromatic carbocycles. The maximum atomic E-state index is 13.9. The monoisotopic (exact) mass is 413 g/mol. The number of carbonyl (C=O) groups is 2. The molecule has 2 amide bonds. The Balaban J connectivity index is 1.70. The molecule has 30 heavy (non-hydrogen) atoms. The highest BCUT2D eigenvalue weighted by molar-refractivity contribution is 6.03. The highest BCUT2D eigenvalue weighted by atomic mass is 19.1. The molecule has 156 valence electrons. The van der Waals surface area contributed by atoms with Crippen molar-refractivity contribution in [3.8, 4) is 22.8 Å². The van der Waals surface area contributed by atoms with Crippen LogP contribution in [0.1, 0.15) is 24.2 Å². The number of hydrogen-bond acceptors (Lipinski definition) is 7. The largest absolute Gasteiger partial charge is 0.444 e. The highest BCUT2D eigenvalue weighted by Crippen LogP contribution is 2.24. The minimum atomic E-state index is -0.876. The number of aromatic nitrogens is 2. The Labute approximate surface area is 172 Å². The van der Waals surface area contributed by atoms with E-state index in [0.717, 1.165) is 0 Å². The number of rotatable bonds is 7. The summed E-state index contributed by atoms with van der Waals surface area (Å²) in [5, 5.41) is 5.99. The van der Waals surface area contributed by atoms with E-state index in [1.54, 1.807) is 31.2 Å². The first-order valence-electron chi connectivity index (χ1n) is 9.26. The van der Waals surface area contributed by atoms with Gasteiger partial charge in [-0.1, -0.05) is 29.4 Å². The lowest BCUT2D eigenvalue weighted by molar-refractivity contribution is 0.0327. The van der Waals surface area contributed by atoms with E-state index < -0.39 is 23.9 Å². The van der Waals surface area contributed by atoms with Gasteiger partial charge in [-0.3, -0.25) is 10.1 Å². The molecular weight excluding hydrogens is 393 g/mol. The summed E-state index contributed by atoms with van der Waals surface area (Å²) in [5.74, 6) is -0.943. The number of halogens is 1. The number of amides is 2. The molecule has 9 heteroatoms. The van der Waals surface area contributed by atoms with Crippen molar-refractivity contribution >= 4 is 12.0 Å². The molecule has 1 atom stereocenters. The standard InChI is InChI=1S/C21H20FN3O5/c1-3-28-12-13(2)29-21(27)24-19(26)15-8-6-7-14(11-15)18-23-20(30-25-18)16-9-4-5-10-17(16)22/h4-11,13H,3,12H2,1-2H3,(H,24,26,27)/t13-/m1/s1. The summed E-state index contributed by atoms with van der Waals surface area (Å²) in [6.45, 7) is 4.21. The van der Waals surface area contributed by atoms with Gasteiger partial charge in [0, 0.05) is 17.7 Å². The average Bonchev–Trinajstić information content (AvgIpc) is 3.22. The number of nitrogens with one attached hydrogen (secondary N) is 1. The fourth-order valence-corrected chi connectivity index (χ4v) is 2.58. The lowest BCUT2D eigenvalue weighted by atomic mass is 10.1. The van der Waals surface area contributed by atoms with Crippen molar-refractivity contribution in [2.45, 2.75) is 20.0 Å². The molecule has 0 unspecified atom stereocenters. The van der Waals surface area contributed by atoms with Crippen molar-refractivity contribution in [1.82, 2.24) is 15.5 Å². The third-order valence-corrected chi connectivity index (χ3v) is 3.99. The highest BCUT2D eigenvalue weighted by Gasteiger charge is 2.17. The third kappa shape index (κ3) is 5.26. The number of nitrogens with zero attached hydrogens (tertiary/aromatic N) is 2. The summed E-state index contributed by atoms with van der Waals surface area (Å²) in [6, 6.07) is 12.3. The van der Waals surface area contributed by atoms with Crippen molar-refractivity contribution in [3.05, 3.63) is 59.9 Å². The van der Waals surface area contributed by atoms with Gasteiger partial charge in [0.25, 0.3) is 11.8 Å². The van der Waals surface area contributed by atoms with E-state index in [2.05, 4.69) is 15.5 Å². The Morgan fingerprint density at radius 3 is 2.77 bits per heavy atom. The van der Waals surface area contributed by atoms with E-state index in [4.69, 9.17) is 14.0 Å². The van der Waals surface area contributed by atoms with Gasteiger partial charge in [-0.2, -0.15) is 4.98 Å². The van der Waals surface area contributed by atoms with Gasteiger partial charge in [0.05, 0.1) is 12.2 Å². The van der Waals surface area contributed by atoms with Gasteiger partial charge in [-0.25, -0.2) is 9.18 Å². The number of carbonyl (C=O) groups excluding carboxylic acids is 2. The van der Waals surface area contributed by atoms with Crippen molar-refractivity contribution in [1.29, 1.82) is 0 Å². The van der Waals surface area contributed by atoms with Crippen LogP contribution in [-0.4, -0.2) is 41.5 Å². The van der Waals surface area contributed by atoms with Gasteiger partial charge < -0.3 is 14.0 Å². The zero-order valence-corrected chi connectivity index (χ0v) is 16.4. The predicted octanol–water partition coefficient (Wildman–Crippen LogP) is 3.83. The minimum Gasteiger partial charge on any atom is -0.444 e. The number of imide groups is 1. The van der Waals surface area contributed by atoms with Gasteiger partial charge >= 0.3 is 6.09 Å². The molecule has 0 bridgehead atoms. The second-order valence-electron chi connectivity index (χ2n) is 6.31. The molecule has 3 rings (SSSR count). The summed E-state index contributed by atoms with van der Waals surface area (Å²) in [5.41, 5.74) is 0.834. The van der Waals surface area contributed by atoms with E-state index in [0.29, 0.717) is 12.2 Å². The lowest BCUT2D eigenvalue weighted by Crippen LogP contribution is -2.34. The quantitative estimate of drug-likeness (QED) is 0.628. The summed E-state index contributed by atoms with van der Waals surface area (Å²) in [6.07, 6.45) is -1.38. The van der Waals surface area contributed by atoms with Gasteiger partial charge in [0.1, 0.15) is 11.9 Å². The summed E-state index contributed by atoms with van der Waals surface area (Å²) in [4.78, 5) is 28.4. The van der Waals surface area contributed by atoms with Crippen LogP contribution in [0, 0.1) is 5.82 Å². The van der Waals surface area contributed by atoms with Crippen molar-refractivity contribution in [3.63, 3.8) is 0 Å². The Morgan fingerprint density at radius 1 is 1.20 bits per heavy atom. The SMILES string of the molecule is CCOC[C@@H](C)OC(=O)NC(=O)c1cccc(-c2noc(-c3ccccc3F)n2)c1. The smallest absolute Gasteiger partial charge is 0.414 e. The Morgan fingerprint density at radius 2 is 2.00 bits per heavy atom. The Hall–Kier alpha value is -3.59. The second kappa shape index (κ2) is 9.75. The van der Waals surface area contributed by atoms with Gasteiger partial charge in [0.15, 0.2) is 0 Å². The number of alkyl carbamates (subject to hydrolysis) is 1. The Bertz CT molecular complexity index is 1040. The van der Waals surface area contributed by atoms with Gasteiger partial charge in [-0.15, -0.1) is 0 Å². The summed E-state index contributed by atoms with van der Waals surface area (Å²) in [7, 11) is 0. The number of hydrogen-bond donors (Lipinski definition) is 1. The van der Waals surface area contributed by atoms with E-state index in [-0.39, 0.29) is 29.4 Å². The molecule has 8 nitrogen and oxygen atoms in total. The molecule has 1 N–H and O–H groups in total. The van der Waals surface area contributed by atoms with Crippen LogP contribution in [0.2, 0.25) is 0 Å². The first-order chi connectivity index (χ1) is 14.5. The maximum Gasteiger partial charge on any atom is 0.414 e. The second-order valence-corrected chi connectivity index (χ2v) is 6.31. The molecule has 0 fully saturated rings. The molecule has 1 aromatic heterocycles. The molecular formula is C21H20FN3O5. The topological polar surface area (TPSA) is 104 Å². The third-order valence-electron chi connectivity index (χ3n) is 3.99. The molecule has 0 aliphatic heterocycles. The fourth-order valence-electron chi connectivity index (χ4n) is 2.58. The van der Waals surface area contributed by atoms with Crippen LogP contribution < -0.4 is 5.32 Å². The van der Waals surface area contributed by atoms with Crippen LogP contribution in [0.4, 0.5) is 9.18 Å². The van der Waals surface area contributed by atoms with Crippen LogP contribution in [0.25, 0.3) is 22.8 Å². The Kier molecular flexibility index (Phi) is 6.87. The van der Waals surface area contributed by atoms with E-state index in [1.165, 1.54) is 24.3 Å². The molecule has 0 saturated carbocycles. The summed E-state index contributed by atoms with van der Waals surface area (Å²) < 4.78 is 29.3. The molecule has 0 aliphatic carbocycles. The van der Waals surface area contributed by atoms with Crippen LogP contribution in [0.5, 0.6) is 0 Å². The number of benzene rings is 2. The van der Waals surface area contributed by atoms with Crippen LogP contribution >= 0.6 is 0 Å². The zero-order chi connectivity index (χ0) is 21.5. The first kappa shape index (κ1) is 21.1. The minimum absolute atomic E-state index is 0.0184. The van der Waals surface area contributed by atoms with Crippen LogP contribution in [-0.2, 0) is 9.47 Å². The van der Waals surface area contributed by atoms with Crippen LogP contribution in [0.3, 0.4) is 0 Å². The van der Waals surface area contributed by atoms with Crippen molar-refractivity contribution in [2.24, 2.45) is 0 Å². The summed E-state index contributed by atoms with van der Waals surface area (Å²) >= 11 is 0. The molecule has 0 spiro atoms.